The van der Waals surface area contributed by atoms with Crippen molar-refractivity contribution in [1.82, 2.24) is 4.90 Å². The van der Waals surface area contributed by atoms with Crippen molar-refractivity contribution in [1.29, 1.82) is 0 Å². The van der Waals surface area contributed by atoms with E-state index in [9.17, 15) is 18.4 Å². The number of hydrogen-bond donors (Lipinski definition) is 1. The molecule has 1 N–H and O–H groups in total. The predicted octanol–water partition coefficient (Wildman–Crippen LogP) is 1.60. The molecule has 1 saturated heterocycles. The second-order valence-corrected chi connectivity index (χ2v) is 5.25. The largest absolute Gasteiger partial charge is 0.481 e. The van der Waals surface area contributed by atoms with Crippen LogP contribution >= 0.6 is 11.8 Å². The Morgan fingerprint density at radius 3 is 2.58 bits per heavy atom. The lowest BCUT2D eigenvalue weighted by Crippen LogP contribution is -2.53. The zero-order chi connectivity index (χ0) is 14.0. The number of thioether (sulfide) groups is 1. The summed E-state index contributed by atoms with van der Waals surface area (Å²) < 4.78 is 25.6. The van der Waals surface area contributed by atoms with Gasteiger partial charge >= 0.3 is 5.97 Å². The van der Waals surface area contributed by atoms with E-state index in [4.69, 9.17) is 5.11 Å². The highest BCUT2D eigenvalue weighted by Crippen LogP contribution is 2.23. The minimum absolute atomic E-state index is 0.0808. The van der Waals surface area contributed by atoms with E-state index < -0.39 is 23.5 Å². The molecule has 0 aromatic heterocycles. The van der Waals surface area contributed by atoms with Crippen LogP contribution in [0, 0.1) is 17.6 Å². The van der Waals surface area contributed by atoms with Gasteiger partial charge in [-0.25, -0.2) is 8.78 Å². The second-order valence-electron chi connectivity index (χ2n) is 4.20. The van der Waals surface area contributed by atoms with Gasteiger partial charge in [-0.3, -0.25) is 9.59 Å². The van der Waals surface area contributed by atoms with Gasteiger partial charge < -0.3 is 10.0 Å². The molecule has 1 fully saturated rings. The van der Waals surface area contributed by atoms with E-state index in [1.54, 1.807) is 0 Å². The first-order valence-corrected chi connectivity index (χ1v) is 6.54. The summed E-state index contributed by atoms with van der Waals surface area (Å²) in [5.74, 6) is -3.39. The number of benzene rings is 1. The topological polar surface area (TPSA) is 57.6 Å². The zero-order valence-electron chi connectivity index (χ0n) is 9.81. The number of aliphatic carboxylic acids is 1. The molecule has 0 unspecified atom stereocenters. The quantitative estimate of drug-likeness (QED) is 0.855. The maximum atomic E-state index is 12.9. The van der Waals surface area contributed by atoms with Gasteiger partial charge in [-0.2, -0.15) is 0 Å². The Labute approximate surface area is 112 Å². The van der Waals surface area contributed by atoms with Crippen LogP contribution in [-0.2, 0) is 9.59 Å². The number of carbonyl (C=O) groups is 2. The lowest BCUT2D eigenvalue weighted by Gasteiger charge is -2.36. The van der Waals surface area contributed by atoms with Crippen LogP contribution in [-0.4, -0.2) is 40.7 Å². The average Bonchev–Trinajstić information content (AvgIpc) is 2.28. The van der Waals surface area contributed by atoms with Crippen LogP contribution in [0.25, 0.3) is 0 Å². The monoisotopic (exact) mass is 287 g/mol. The first kappa shape index (κ1) is 13.8. The van der Waals surface area contributed by atoms with Crippen LogP contribution in [0.3, 0.4) is 0 Å². The summed E-state index contributed by atoms with van der Waals surface area (Å²) >= 11 is 1.09. The summed E-state index contributed by atoms with van der Waals surface area (Å²) in [7, 11) is 0. The molecule has 1 aromatic carbocycles. The van der Waals surface area contributed by atoms with Crippen LogP contribution in [0.15, 0.2) is 23.1 Å². The smallest absolute Gasteiger partial charge is 0.310 e. The van der Waals surface area contributed by atoms with Crippen molar-refractivity contribution in [2.24, 2.45) is 5.92 Å². The van der Waals surface area contributed by atoms with Crippen molar-refractivity contribution in [2.75, 3.05) is 18.8 Å². The van der Waals surface area contributed by atoms with Gasteiger partial charge in [0, 0.05) is 18.0 Å². The third-order valence-corrected chi connectivity index (χ3v) is 3.82. The van der Waals surface area contributed by atoms with Gasteiger partial charge in [0.1, 0.15) is 0 Å². The van der Waals surface area contributed by atoms with Crippen molar-refractivity contribution in [3.63, 3.8) is 0 Å². The molecule has 7 heteroatoms. The van der Waals surface area contributed by atoms with Crippen LogP contribution in [0.2, 0.25) is 0 Å². The van der Waals surface area contributed by atoms with Crippen LogP contribution < -0.4 is 0 Å². The highest BCUT2D eigenvalue weighted by atomic mass is 32.2. The Kier molecular flexibility index (Phi) is 4.04. The van der Waals surface area contributed by atoms with E-state index in [1.807, 2.05) is 0 Å². The van der Waals surface area contributed by atoms with Gasteiger partial charge in [-0.05, 0) is 18.2 Å². The van der Waals surface area contributed by atoms with E-state index in [0.717, 1.165) is 23.9 Å². The molecule has 1 aliphatic rings. The molecule has 0 radical (unpaired) electrons. The second kappa shape index (κ2) is 5.56. The first-order chi connectivity index (χ1) is 8.97. The molecule has 1 aliphatic heterocycles. The molecule has 0 bridgehead atoms. The summed E-state index contributed by atoms with van der Waals surface area (Å²) in [4.78, 5) is 24.1. The van der Waals surface area contributed by atoms with E-state index in [1.165, 1.54) is 11.0 Å². The van der Waals surface area contributed by atoms with Crippen LogP contribution in [0.5, 0.6) is 0 Å². The van der Waals surface area contributed by atoms with Crippen molar-refractivity contribution in [3.05, 3.63) is 29.8 Å². The van der Waals surface area contributed by atoms with Crippen molar-refractivity contribution < 1.29 is 23.5 Å². The zero-order valence-corrected chi connectivity index (χ0v) is 10.6. The summed E-state index contributed by atoms with van der Waals surface area (Å²) in [6.07, 6.45) is 0. The molecular weight excluding hydrogens is 276 g/mol. The van der Waals surface area contributed by atoms with Crippen molar-refractivity contribution in [3.8, 4) is 0 Å². The summed E-state index contributed by atoms with van der Waals surface area (Å²) in [5.41, 5.74) is 0. The van der Waals surface area contributed by atoms with E-state index in [2.05, 4.69) is 0 Å². The number of nitrogens with zero attached hydrogens (tertiary/aromatic N) is 1. The molecule has 4 nitrogen and oxygen atoms in total. The Balaban J connectivity index is 1.81. The van der Waals surface area contributed by atoms with Gasteiger partial charge in [-0.1, -0.05) is 0 Å². The third-order valence-electron chi connectivity index (χ3n) is 2.84. The first-order valence-electron chi connectivity index (χ1n) is 5.56. The summed E-state index contributed by atoms with van der Waals surface area (Å²) in [5, 5.41) is 8.68. The fraction of sp³-hybridized carbons (Fsp3) is 0.333. The van der Waals surface area contributed by atoms with E-state index in [-0.39, 0.29) is 24.7 Å². The number of halogens is 2. The van der Waals surface area contributed by atoms with Crippen molar-refractivity contribution in [2.45, 2.75) is 4.90 Å². The van der Waals surface area contributed by atoms with Gasteiger partial charge in [0.2, 0.25) is 5.91 Å². The molecular formula is C12H11F2NO3S. The Morgan fingerprint density at radius 1 is 1.32 bits per heavy atom. The lowest BCUT2D eigenvalue weighted by molar-refractivity contribution is -0.151. The lowest BCUT2D eigenvalue weighted by atomic mass is 10.0. The predicted molar refractivity (Wildman–Crippen MR) is 64.8 cm³/mol. The maximum absolute atomic E-state index is 12.9. The van der Waals surface area contributed by atoms with E-state index in [0.29, 0.717) is 4.90 Å². The molecule has 1 amide bonds. The maximum Gasteiger partial charge on any atom is 0.310 e. The molecule has 102 valence electrons. The van der Waals surface area contributed by atoms with Crippen LogP contribution in [0.1, 0.15) is 0 Å². The Hall–Kier alpha value is -1.63. The summed E-state index contributed by atoms with van der Waals surface area (Å²) in [6.45, 7) is 0.430. The molecule has 1 aromatic rings. The molecule has 2 rings (SSSR count). The molecule has 0 atom stereocenters. The number of hydrogen-bond acceptors (Lipinski definition) is 3. The Morgan fingerprint density at radius 2 is 2.00 bits per heavy atom. The number of carbonyl (C=O) groups excluding carboxylic acids is 1. The Bertz CT molecular complexity index is 518. The fourth-order valence-corrected chi connectivity index (χ4v) is 2.47. The molecule has 0 saturated carbocycles. The molecule has 0 aliphatic carbocycles. The number of amides is 1. The fourth-order valence-electron chi connectivity index (χ4n) is 1.64. The molecule has 19 heavy (non-hydrogen) atoms. The standard InChI is InChI=1S/C12H11F2NO3S/c13-9-2-1-8(3-10(9)14)19-6-11(16)15-4-7(5-15)12(17)18/h1-3,7H,4-6H2,(H,17,18). The minimum atomic E-state index is -0.952. The van der Waals surface area contributed by atoms with Gasteiger partial charge in [0.05, 0.1) is 11.7 Å². The van der Waals surface area contributed by atoms with Gasteiger partial charge in [0.25, 0.3) is 0 Å². The van der Waals surface area contributed by atoms with Crippen LogP contribution in [0.4, 0.5) is 8.78 Å². The molecule has 1 heterocycles. The number of carboxylic acids is 1. The number of rotatable bonds is 4. The van der Waals surface area contributed by atoms with Gasteiger partial charge in [0.15, 0.2) is 11.6 Å². The van der Waals surface area contributed by atoms with E-state index >= 15 is 0 Å². The van der Waals surface area contributed by atoms with Crippen molar-refractivity contribution >= 4 is 23.6 Å². The normalized spacial score (nSPS) is 15.2. The average molecular weight is 287 g/mol. The number of likely N-dealkylation sites (tertiary alicyclic amines) is 1. The minimum Gasteiger partial charge on any atom is -0.481 e. The number of carboxylic acid groups (broad SMARTS) is 1. The molecule has 0 spiro atoms. The highest BCUT2D eigenvalue weighted by Gasteiger charge is 2.35. The summed E-state index contributed by atoms with van der Waals surface area (Å²) in [6, 6.07) is 3.43. The SMILES string of the molecule is O=C(O)C1CN(C(=O)CSc2ccc(F)c(F)c2)C1. The highest BCUT2D eigenvalue weighted by molar-refractivity contribution is 8.00. The van der Waals surface area contributed by atoms with Gasteiger partial charge in [-0.15, -0.1) is 11.8 Å². The third kappa shape index (κ3) is 3.23.